The van der Waals surface area contributed by atoms with E-state index in [9.17, 15) is 4.79 Å². The Morgan fingerprint density at radius 1 is 1.10 bits per heavy atom. The first kappa shape index (κ1) is 13.3. The molecule has 3 heterocycles. The highest BCUT2D eigenvalue weighted by Crippen LogP contribution is 2.40. The molecule has 5 nitrogen and oxygen atoms in total. The summed E-state index contributed by atoms with van der Waals surface area (Å²) >= 11 is 0. The minimum atomic E-state index is 0.0468. The van der Waals surface area contributed by atoms with Crippen LogP contribution in [0.5, 0.6) is 0 Å². The maximum atomic E-state index is 12.5. The molecule has 0 N–H and O–H groups in total. The molecule has 114 valence electrons. The number of likely N-dealkylation sites (tertiary alicyclic amines) is 2. The summed E-state index contributed by atoms with van der Waals surface area (Å²) in [6.07, 6.45) is 7.20. The lowest BCUT2D eigenvalue weighted by atomic mass is 10.0. The molecule has 1 amide bonds. The minimum Gasteiger partial charge on any atom is -0.360 e. The molecule has 21 heavy (non-hydrogen) atoms. The zero-order chi connectivity index (χ0) is 14.2. The zero-order valence-corrected chi connectivity index (χ0v) is 12.5. The molecule has 2 aliphatic heterocycles. The van der Waals surface area contributed by atoms with E-state index >= 15 is 0 Å². The molecule has 3 fully saturated rings. The van der Waals surface area contributed by atoms with Crippen molar-refractivity contribution in [3.05, 3.63) is 17.5 Å². The van der Waals surface area contributed by atoms with E-state index in [0.717, 1.165) is 31.7 Å². The van der Waals surface area contributed by atoms with Gasteiger partial charge in [-0.15, -0.1) is 0 Å². The van der Waals surface area contributed by atoms with Gasteiger partial charge in [0.1, 0.15) is 5.76 Å². The predicted molar refractivity (Wildman–Crippen MR) is 78.2 cm³/mol. The van der Waals surface area contributed by atoms with Crippen molar-refractivity contribution >= 4 is 5.91 Å². The largest absolute Gasteiger partial charge is 0.360 e. The van der Waals surface area contributed by atoms with Crippen LogP contribution in [0.2, 0.25) is 0 Å². The number of amides is 1. The first-order valence-corrected chi connectivity index (χ1v) is 8.31. The summed E-state index contributed by atoms with van der Waals surface area (Å²) in [5.74, 6) is 1.45. The second kappa shape index (κ2) is 5.44. The van der Waals surface area contributed by atoms with Crippen LogP contribution >= 0.6 is 0 Å². The number of piperidine rings is 1. The van der Waals surface area contributed by atoms with Gasteiger partial charge in [0.15, 0.2) is 5.69 Å². The van der Waals surface area contributed by atoms with Crippen molar-refractivity contribution in [2.24, 2.45) is 0 Å². The van der Waals surface area contributed by atoms with Gasteiger partial charge in [0.25, 0.3) is 5.91 Å². The van der Waals surface area contributed by atoms with Crippen LogP contribution in [0.3, 0.4) is 0 Å². The quantitative estimate of drug-likeness (QED) is 0.856. The Balaban J connectivity index is 1.35. The summed E-state index contributed by atoms with van der Waals surface area (Å²) < 4.78 is 5.30. The Labute approximate surface area is 125 Å². The van der Waals surface area contributed by atoms with Gasteiger partial charge >= 0.3 is 0 Å². The van der Waals surface area contributed by atoms with Gasteiger partial charge in [0.2, 0.25) is 0 Å². The first-order chi connectivity index (χ1) is 10.3. The van der Waals surface area contributed by atoms with Gasteiger partial charge in [0, 0.05) is 31.1 Å². The molecule has 1 saturated carbocycles. The van der Waals surface area contributed by atoms with Gasteiger partial charge in [0.05, 0.1) is 0 Å². The number of carbonyl (C=O) groups is 1. The van der Waals surface area contributed by atoms with Crippen LogP contribution in [0.15, 0.2) is 10.6 Å². The van der Waals surface area contributed by atoms with E-state index in [1.807, 2.05) is 11.0 Å². The standard InChI is InChI=1S/C16H23N3O2/c20-16(14-11-15(21-17-14)12-3-4-12)19-9-5-13(6-10-19)18-7-1-2-8-18/h11-13H,1-10H2. The van der Waals surface area contributed by atoms with Crippen molar-refractivity contribution < 1.29 is 9.32 Å². The lowest BCUT2D eigenvalue weighted by molar-refractivity contribution is 0.0634. The molecule has 1 aromatic heterocycles. The first-order valence-electron chi connectivity index (χ1n) is 8.31. The van der Waals surface area contributed by atoms with E-state index < -0.39 is 0 Å². The number of hydrogen-bond acceptors (Lipinski definition) is 4. The molecule has 2 saturated heterocycles. The van der Waals surface area contributed by atoms with Crippen molar-refractivity contribution in [1.82, 2.24) is 15.0 Å². The third-order valence-corrected chi connectivity index (χ3v) is 5.14. The summed E-state index contributed by atoms with van der Waals surface area (Å²) in [5.41, 5.74) is 0.497. The van der Waals surface area contributed by atoms with Crippen molar-refractivity contribution in [2.45, 2.75) is 50.5 Å². The average molecular weight is 289 g/mol. The molecule has 0 bridgehead atoms. The van der Waals surface area contributed by atoms with Gasteiger partial charge in [-0.3, -0.25) is 4.79 Å². The van der Waals surface area contributed by atoms with E-state index in [1.165, 1.54) is 38.8 Å². The smallest absolute Gasteiger partial charge is 0.276 e. The molecule has 0 aromatic carbocycles. The molecule has 1 aromatic rings. The highest BCUT2D eigenvalue weighted by molar-refractivity contribution is 5.92. The predicted octanol–water partition coefficient (Wildman–Crippen LogP) is 2.25. The minimum absolute atomic E-state index is 0.0468. The lowest BCUT2D eigenvalue weighted by Gasteiger charge is -2.36. The van der Waals surface area contributed by atoms with Crippen molar-refractivity contribution in [2.75, 3.05) is 26.2 Å². The highest BCUT2D eigenvalue weighted by Gasteiger charge is 2.32. The fourth-order valence-corrected chi connectivity index (χ4v) is 3.65. The molecule has 4 rings (SSSR count). The lowest BCUT2D eigenvalue weighted by Crippen LogP contribution is -2.46. The van der Waals surface area contributed by atoms with E-state index in [1.54, 1.807) is 0 Å². The molecule has 3 aliphatic rings. The number of rotatable bonds is 3. The van der Waals surface area contributed by atoms with E-state index in [0.29, 0.717) is 17.7 Å². The van der Waals surface area contributed by atoms with E-state index in [-0.39, 0.29) is 5.91 Å². The Hall–Kier alpha value is -1.36. The summed E-state index contributed by atoms with van der Waals surface area (Å²) in [6, 6.07) is 2.53. The van der Waals surface area contributed by atoms with Crippen LogP contribution < -0.4 is 0 Å². The van der Waals surface area contributed by atoms with Gasteiger partial charge < -0.3 is 14.3 Å². The topological polar surface area (TPSA) is 49.6 Å². The van der Waals surface area contributed by atoms with Crippen LogP contribution in [-0.4, -0.2) is 53.1 Å². The second-order valence-corrected chi connectivity index (χ2v) is 6.66. The van der Waals surface area contributed by atoms with Crippen molar-refractivity contribution in [3.8, 4) is 0 Å². The molecule has 0 radical (unpaired) electrons. The van der Waals surface area contributed by atoms with Crippen molar-refractivity contribution in [1.29, 1.82) is 0 Å². The molecule has 5 heteroatoms. The Bertz CT molecular complexity index is 509. The summed E-state index contributed by atoms with van der Waals surface area (Å²) in [5, 5.41) is 3.97. The highest BCUT2D eigenvalue weighted by atomic mass is 16.5. The normalized spacial score (nSPS) is 24.7. The van der Waals surface area contributed by atoms with Crippen LogP contribution in [0, 0.1) is 0 Å². The summed E-state index contributed by atoms with van der Waals surface area (Å²) in [6.45, 7) is 4.19. The number of carbonyl (C=O) groups excluding carboxylic acids is 1. The maximum Gasteiger partial charge on any atom is 0.276 e. The van der Waals surface area contributed by atoms with Crippen LogP contribution in [0.25, 0.3) is 0 Å². The Morgan fingerprint density at radius 3 is 2.48 bits per heavy atom. The van der Waals surface area contributed by atoms with E-state index in [4.69, 9.17) is 4.52 Å². The number of aromatic nitrogens is 1. The molecule has 0 spiro atoms. The fourth-order valence-electron chi connectivity index (χ4n) is 3.65. The molecule has 1 aliphatic carbocycles. The third kappa shape index (κ3) is 2.71. The van der Waals surface area contributed by atoms with Gasteiger partial charge in [-0.2, -0.15) is 0 Å². The van der Waals surface area contributed by atoms with E-state index in [2.05, 4.69) is 10.1 Å². The number of nitrogens with zero attached hydrogens (tertiary/aromatic N) is 3. The summed E-state index contributed by atoms with van der Waals surface area (Å²) in [7, 11) is 0. The Kier molecular flexibility index (Phi) is 3.45. The molecule has 0 atom stereocenters. The SMILES string of the molecule is O=C(c1cc(C2CC2)on1)N1CCC(N2CCCC2)CC1. The van der Waals surface area contributed by atoms with Crippen molar-refractivity contribution in [3.63, 3.8) is 0 Å². The third-order valence-electron chi connectivity index (χ3n) is 5.14. The van der Waals surface area contributed by atoms with Crippen LogP contribution in [-0.2, 0) is 0 Å². The zero-order valence-electron chi connectivity index (χ0n) is 12.5. The molecular formula is C16H23N3O2. The van der Waals surface area contributed by atoms with Gasteiger partial charge in [-0.05, 0) is 51.6 Å². The molecular weight excluding hydrogens is 266 g/mol. The second-order valence-electron chi connectivity index (χ2n) is 6.66. The van der Waals surface area contributed by atoms with Crippen LogP contribution in [0.4, 0.5) is 0 Å². The fraction of sp³-hybridized carbons (Fsp3) is 0.750. The average Bonchev–Trinajstić information content (AvgIpc) is 3.05. The summed E-state index contributed by atoms with van der Waals surface area (Å²) in [4.78, 5) is 17.0. The Morgan fingerprint density at radius 2 is 1.81 bits per heavy atom. The molecule has 0 unspecified atom stereocenters. The van der Waals surface area contributed by atoms with Crippen LogP contribution in [0.1, 0.15) is 60.7 Å². The monoisotopic (exact) mass is 289 g/mol. The van der Waals surface area contributed by atoms with Gasteiger partial charge in [-0.25, -0.2) is 0 Å². The number of hydrogen-bond donors (Lipinski definition) is 0. The maximum absolute atomic E-state index is 12.5. The van der Waals surface area contributed by atoms with Gasteiger partial charge in [-0.1, -0.05) is 5.16 Å².